The standard InChI is InChI=1S/C19H20ClN3O4S2/c1-9-10(2)29-17-16(9)18(25)23(3)19(22-17)28-8-15(24)21-12-7-13(26-4)11(20)6-14(12)27-5/h6-7H,8H2,1-5H3,(H,21,24). The van der Waals surface area contributed by atoms with Crippen LogP contribution in [0.2, 0.25) is 5.02 Å². The number of fused-ring (bicyclic) bond motifs is 1. The monoisotopic (exact) mass is 453 g/mol. The third-order valence-corrected chi connectivity index (χ3v) is 6.88. The van der Waals surface area contributed by atoms with E-state index in [2.05, 4.69) is 10.3 Å². The molecule has 0 fully saturated rings. The zero-order valence-electron chi connectivity index (χ0n) is 16.6. The van der Waals surface area contributed by atoms with Crippen molar-refractivity contribution in [1.29, 1.82) is 0 Å². The first-order valence-electron chi connectivity index (χ1n) is 8.57. The summed E-state index contributed by atoms with van der Waals surface area (Å²) in [7, 11) is 4.64. The van der Waals surface area contributed by atoms with Gasteiger partial charge in [0.25, 0.3) is 5.56 Å². The average Bonchev–Trinajstić information content (AvgIpc) is 2.98. The molecular weight excluding hydrogens is 434 g/mol. The Hall–Kier alpha value is -2.23. The Kier molecular flexibility index (Phi) is 6.40. The van der Waals surface area contributed by atoms with Gasteiger partial charge in [-0.2, -0.15) is 0 Å². The van der Waals surface area contributed by atoms with Crippen molar-refractivity contribution in [1.82, 2.24) is 9.55 Å². The molecule has 7 nitrogen and oxygen atoms in total. The highest BCUT2D eigenvalue weighted by Crippen LogP contribution is 2.36. The minimum Gasteiger partial charge on any atom is -0.495 e. The van der Waals surface area contributed by atoms with E-state index in [1.165, 1.54) is 41.9 Å². The molecular formula is C19H20ClN3O4S2. The predicted octanol–water partition coefficient (Wildman–Crippen LogP) is 4.01. The zero-order valence-corrected chi connectivity index (χ0v) is 19.0. The molecule has 1 N–H and O–H groups in total. The summed E-state index contributed by atoms with van der Waals surface area (Å²) >= 11 is 8.76. The van der Waals surface area contributed by atoms with Gasteiger partial charge in [0, 0.05) is 24.1 Å². The van der Waals surface area contributed by atoms with Gasteiger partial charge in [-0.15, -0.1) is 11.3 Å². The number of benzene rings is 1. The summed E-state index contributed by atoms with van der Waals surface area (Å²) in [6.45, 7) is 3.89. The van der Waals surface area contributed by atoms with E-state index >= 15 is 0 Å². The molecule has 154 valence electrons. The van der Waals surface area contributed by atoms with Crippen molar-refractivity contribution in [3.05, 3.63) is 37.9 Å². The maximum atomic E-state index is 12.7. The number of nitrogens with zero attached hydrogens (tertiary/aromatic N) is 2. The number of thioether (sulfide) groups is 1. The molecule has 0 saturated carbocycles. The van der Waals surface area contributed by atoms with Gasteiger partial charge in [0.2, 0.25) is 5.91 Å². The molecule has 2 aromatic heterocycles. The van der Waals surface area contributed by atoms with E-state index in [0.717, 1.165) is 10.4 Å². The summed E-state index contributed by atoms with van der Waals surface area (Å²) in [5, 5.41) is 4.29. The lowest BCUT2D eigenvalue weighted by Gasteiger charge is -2.13. The van der Waals surface area contributed by atoms with Gasteiger partial charge in [0.15, 0.2) is 5.16 Å². The van der Waals surface area contributed by atoms with Crippen molar-refractivity contribution in [2.75, 3.05) is 25.3 Å². The van der Waals surface area contributed by atoms with E-state index in [1.807, 2.05) is 13.8 Å². The van der Waals surface area contributed by atoms with E-state index < -0.39 is 0 Å². The Morgan fingerprint density at radius 2 is 1.97 bits per heavy atom. The fraction of sp³-hybridized carbons (Fsp3) is 0.316. The quantitative estimate of drug-likeness (QED) is 0.448. The molecule has 2 heterocycles. The van der Waals surface area contributed by atoms with Crippen LogP contribution < -0.4 is 20.3 Å². The fourth-order valence-corrected chi connectivity index (χ4v) is 4.83. The lowest BCUT2D eigenvalue weighted by atomic mass is 10.2. The largest absolute Gasteiger partial charge is 0.495 e. The van der Waals surface area contributed by atoms with Gasteiger partial charge in [-0.1, -0.05) is 23.4 Å². The number of rotatable bonds is 6. The minimum absolute atomic E-state index is 0.0726. The number of hydrogen-bond donors (Lipinski definition) is 1. The second kappa shape index (κ2) is 8.64. The molecule has 1 amide bonds. The van der Waals surface area contributed by atoms with Crippen LogP contribution in [0, 0.1) is 13.8 Å². The summed E-state index contributed by atoms with van der Waals surface area (Å²) in [5.74, 6) is 0.646. The van der Waals surface area contributed by atoms with E-state index in [-0.39, 0.29) is 17.2 Å². The van der Waals surface area contributed by atoms with Crippen molar-refractivity contribution in [2.45, 2.75) is 19.0 Å². The van der Waals surface area contributed by atoms with Gasteiger partial charge in [-0.05, 0) is 19.4 Å². The molecule has 29 heavy (non-hydrogen) atoms. The molecule has 3 rings (SSSR count). The highest BCUT2D eigenvalue weighted by molar-refractivity contribution is 7.99. The van der Waals surface area contributed by atoms with Crippen LogP contribution >= 0.6 is 34.7 Å². The van der Waals surface area contributed by atoms with E-state index in [9.17, 15) is 9.59 Å². The Morgan fingerprint density at radius 1 is 1.28 bits per heavy atom. The van der Waals surface area contributed by atoms with Gasteiger partial charge in [-0.3, -0.25) is 14.2 Å². The first kappa shape index (κ1) is 21.5. The Labute approximate surface area is 181 Å². The molecule has 0 radical (unpaired) electrons. The summed E-state index contributed by atoms with van der Waals surface area (Å²) in [6, 6.07) is 3.17. The van der Waals surface area contributed by atoms with Gasteiger partial charge in [0.1, 0.15) is 16.3 Å². The highest BCUT2D eigenvalue weighted by atomic mass is 35.5. The number of nitrogens with one attached hydrogen (secondary N) is 1. The molecule has 0 aliphatic heterocycles. The van der Waals surface area contributed by atoms with Crippen LogP contribution in [0.25, 0.3) is 10.2 Å². The van der Waals surface area contributed by atoms with Crippen molar-refractivity contribution >= 4 is 56.5 Å². The van der Waals surface area contributed by atoms with Gasteiger partial charge < -0.3 is 14.8 Å². The average molecular weight is 454 g/mol. The number of carbonyl (C=O) groups excluding carboxylic acids is 1. The number of methoxy groups -OCH3 is 2. The van der Waals surface area contributed by atoms with Gasteiger partial charge in [-0.25, -0.2) is 4.98 Å². The van der Waals surface area contributed by atoms with Gasteiger partial charge >= 0.3 is 0 Å². The van der Waals surface area contributed by atoms with Gasteiger partial charge in [0.05, 0.1) is 36.1 Å². The van der Waals surface area contributed by atoms with Crippen LogP contribution in [0.15, 0.2) is 22.1 Å². The lowest BCUT2D eigenvalue weighted by molar-refractivity contribution is -0.113. The van der Waals surface area contributed by atoms with Crippen LogP contribution in [0.1, 0.15) is 10.4 Å². The van der Waals surface area contributed by atoms with Crippen molar-refractivity contribution in [2.24, 2.45) is 7.05 Å². The summed E-state index contributed by atoms with van der Waals surface area (Å²) < 4.78 is 11.9. The third-order valence-electron chi connectivity index (χ3n) is 4.45. The molecule has 0 unspecified atom stereocenters. The van der Waals surface area contributed by atoms with Crippen LogP contribution in [-0.2, 0) is 11.8 Å². The number of thiophene rings is 1. The maximum Gasteiger partial charge on any atom is 0.262 e. The number of aromatic nitrogens is 2. The predicted molar refractivity (Wildman–Crippen MR) is 118 cm³/mol. The number of hydrogen-bond acceptors (Lipinski definition) is 7. The number of carbonyl (C=O) groups is 1. The number of aryl methyl sites for hydroxylation is 2. The normalized spacial score (nSPS) is 11.0. The second-order valence-corrected chi connectivity index (χ2v) is 8.80. The van der Waals surface area contributed by atoms with Crippen molar-refractivity contribution in [3.63, 3.8) is 0 Å². The molecule has 0 spiro atoms. The molecule has 0 bridgehead atoms. The van der Waals surface area contributed by atoms with Crippen LogP contribution in [0.4, 0.5) is 5.69 Å². The lowest BCUT2D eigenvalue weighted by Crippen LogP contribution is -2.21. The number of halogens is 1. The Balaban J connectivity index is 1.80. The molecule has 0 atom stereocenters. The number of anilines is 1. The van der Waals surface area contributed by atoms with Crippen molar-refractivity contribution in [3.8, 4) is 11.5 Å². The van der Waals surface area contributed by atoms with Crippen LogP contribution in [0.3, 0.4) is 0 Å². The SMILES string of the molecule is COc1cc(NC(=O)CSc2nc3sc(C)c(C)c3c(=O)n2C)c(OC)cc1Cl. The van der Waals surface area contributed by atoms with Crippen LogP contribution in [-0.4, -0.2) is 35.4 Å². The molecule has 0 aliphatic carbocycles. The van der Waals surface area contributed by atoms with E-state index in [1.54, 1.807) is 19.2 Å². The topological polar surface area (TPSA) is 82.5 Å². The third kappa shape index (κ3) is 4.22. The molecule has 0 saturated heterocycles. The summed E-state index contributed by atoms with van der Waals surface area (Å²) in [6.07, 6.45) is 0. The molecule has 1 aromatic carbocycles. The van der Waals surface area contributed by atoms with E-state index in [4.69, 9.17) is 21.1 Å². The maximum absolute atomic E-state index is 12.7. The van der Waals surface area contributed by atoms with Crippen molar-refractivity contribution < 1.29 is 14.3 Å². The number of amides is 1. The Morgan fingerprint density at radius 3 is 2.62 bits per heavy atom. The minimum atomic E-state index is -0.273. The number of ether oxygens (including phenoxy) is 2. The highest BCUT2D eigenvalue weighted by Gasteiger charge is 2.17. The molecule has 0 aliphatic rings. The molecule has 3 aromatic rings. The molecule has 10 heteroatoms. The second-order valence-electron chi connectivity index (χ2n) is 6.25. The van der Waals surface area contributed by atoms with E-state index in [0.29, 0.717) is 37.6 Å². The first-order valence-corrected chi connectivity index (χ1v) is 10.8. The first-order chi connectivity index (χ1) is 13.8. The van der Waals surface area contributed by atoms with Crippen LogP contribution in [0.5, 0.6) is 11.5 Å². The fourth-order valence-electron chi connectivity index (χ4n) is 2.76. The smallest absolute Gasteiger partial charge is 0.262 e. The Bertz CT molecular complexity index is 1160. The zero-order chi connectivity index (χ0) is 21.3. The summed E-state index contributed by atoms with van der Waals surface area (Å²) in [5.41, 5.74) is 1.29. The summed E-state index contributed by atoms with van der Waals surface area (Å²) in [4.78, 5) is 31.5.